The first-order valence-electron chi connectivity index (χ1n) is 14.3. The zero-order valence-electron chi connectivity index (χ0n) is 26.4. The standard InChI is InChI=1S/C35H34ClN3O7S/c1-21(33(40)38-27-19-24(36)11-16-29(27)43-2)47-26-14-12-25(13-15-26)37-35(42)28(39-34(41)22-9-7-6-8-10-22)17-23-18-31(45-4)32(46-5)20-30(23)44-3/h6-21H,1-5H3,(H,37,42)(H,38,40)(H,39,41)/b28-17-. The number of rotatable bonds is 13. The van der Waals surface area contributed by atoms with Gasteiger partial charge in [-0.3, -0.25) is 14.4 Å². The Labute approximate surface area is 282 Å². The van der Waals surface area contributed by atoms with Gasteiger partial charge in [0, 0.05) is 32.8 Å². The fourth-order valence-electron chi connectivity index (χ4n) is 4.35. The molecule has 1 unspecified atom stereocenters. The highest BCUT2D eigenvalue weighted by Gasteiger charge is 2.19. The minimum atomic E-state index is -0.574. The van der Waals surface area contributed by atoms with Gasteiger partial charge in [0.1, 0.15) is 17.2 Å². The molecule has 47 heavy (non-hydrogen) atoms. The molecule has 4 aromatic carbocycles. The van der Waals surface area contributed by atoms with E-state index in [9.17, 15) is 14.4 Å². The van der Waals surface area contributed by atoms with Gasteiger partial charge in [-0.05, 0) is 73.7 Å². The van der Waals surface area contributed by atoms with Gasteiger partial charge in [-0.2, -0.15) is 0 Å². The molecule has 4 aromatic rings. The molecular formula is C35H34ClN3O7S. The van der Waals surface area contributed by atoms with E-state index in [1.165, 1.54) is 46.3 Å². The summed E-state index contributed by atoms with van der Waals surface area (Å²) < 4.78 is 21.6. The van der Waals surface area contributed by atoms with Gasteiger partial charge >= 0.3 is 0 Å². The molecule has 3 N–H and O–H groups in total. The zero-order valence-corrected chi connectivity index (χ0v) is 28.0. The molecule has 0 aliphatic carbocycles. The van der Waals surface area contributed by atoms with Crippen LogP contribution in [0.4, 0.5) is 11.4 Å². The summed E-state index contributed by atoms with van der Waals surface area (Å²) in [5.74, 6) is 0.470. The van der Waals surface area contributed by atoms with E-state index < -0.39 is 17.1 Å². The van der Waals surface area contributed by atoms with Crippen LogP contribution in [0.3, 0.4) is 0 Å². The van der Waals surface area contributed by atoms with Crippen LogP contribution in [-0.2, 0) is 9.59 Å². The lowest BCUT2D eigenvalue weighted by Crippen LogP contribution is -2.30. The Morgan fingerprint density at radius 3 is 2.02 bits per heavy atom. The SMILES string of the molecule is COc1cc(OC)c(OC)cc1/C=C(\NC(=O)c1ccccc1)C(=O)Nc1ccc(SC(C)C(=O)Nc2cc(Cl)ccc2OC)cc1. The van der Waals surface area contributed by atoms with Crippen molar-refractivity contribution in [2.24, 2.45) is 0 Å². The number of carbonyl (C=O) groups excluding carboxylic acids is 3. The summed E-state index contributed by atoms with van der Waals surface area (Å²) in [5, 5.41) is 8.41. The van der Waals surface area contributed by atoms with E-state index in [1.807, 2.05) is 0 Å². The maximum atomic E-state index is 13.6. The lowest BCUT2D eigenvalue weighted by molar-refractivity contribution is -0.115. The number of carbonyl (C=O) groups is 3. The number of ether oxygens (including phenoxy) is 4. The van der Waals surface area contributed by atoms with Crippen LogP contribution in [0.15, 0.2) is 95.5 Å². The lowest BCUT2D eigenvalue weighted by Gasteiger charge is -2.15. The van der Waals surface area contributed by atoms with Crippen molar-refractivity contribution in [1.82, 2.24) is 5.32 Å². The number of thioether (sulfide) groups is 1. The second kappa shape index (κ2) is 16.4. The van der Waals surface area contributed by atoms with Crippen molar-refractivity contribution in [3.63, 3.8) is 0 Å². The molecule has 0 heterocycles. The lowest BCUT2D eigenvalue weighted by atomic mass is 10.1. The molecule has 0 saturated heterocycles. The van der Waals surface area contributed by atoms with Crippen molar-refractivity contribution in [3.05, 3.63) is 107 Å². The summed E-state index contributed by atoms with van der Waals surface area (Å²) in [6.07, 6.45) is 1.50. The van der Waals surface area contributed by atoms with Crippen molar-refractivity contribution in [1.29, 1.82) is 0 Å². The van der Waals surface area contributed by atoms with Crippen LogP contribution in [0, 0.1) is 0 Å². The van der Waals surface area contributed by atoms with Gasteiger partial charge in [0.15, 0.2) is 11.5 Å². The maximum absolute atomic E-state index is 13.6. The molecule has 0 spiro atoms. The molecular weight excluding hydrogens is 642 g/mol. The van der Waals surface area contributed by atoms with E-state index >= 15 is 0 Å². The van der Waals surface area contributed by atoms with Crippen molar-refractivity contribution >= 4 is 58.5 Å². The van der Waals surface area contributed by atoms with E-state index in [-0.39, 0.29) is 11.6 Å². The Hall–Kier alpha value is -5.13. The van der Waals surface area contributed by atoms with E-state index in [1.54, 1.807) is 91.9 Å². The second-order valence-electron chi connectivity index (χ2n) is 9.90. The van der Waals surface area contributed by atoms with Crippen molar-refractivity contribution < 1.29 is 33.3 Å². The Kier molecular flexibility index (Phi) is 12.1. The average molecular weight is 676 g/mol. The summed E-state index contributed by atoms with van der Waals surface area (Å²) in [4.78, 5) is 40.4. The van der Waals surface area contributed by atoms with Crippen LogP contribution >= 0.6 is 23.4 Å². The first kappa shape index (κ1) is 34.7. The smallest absolute Gasteiger partial charge is 0.272 e. The summed E-state index contributed by atoms with van der Waals surface area (Å²) >= 11 is 7.42. The number of nitrogens with one attached hydrogen (secondary N) is 3. The van der Waals surface area contributed by atoms with E-state index in [0.29, 0.717) is 50.5 Å². The molecule has 0 aliphatic rings. The van der Waals surface area contributed by atoms with Crippen molar-refractivity contribution in [2.75, 3.05) is 39.1 Å². The first-order chi connectivity index (χ1) is 22.6. The van der Waals surface area contributed by atoms with Crippen molar-refractivity contribution in [3.8, 4) is 23.0 Å². The Balaban J connectivity index is 1.52. The molecule has 244 valence electrons. The Morgan fingerprint density at radius 1 is 0.745 bits per heavy atom. The van der Waals surface area contributed by atoms with E-state index in [0.717, 1.165) is 4.90 Å². The molecule has 0 saturated carbocycles. The van der Waals surface area contributed by atoms with Crippen LogP contribution in [0.25, 0.3) is 6.08 Å². The normalized spacial score (nSPS) is 11.6. The van der Waals surface area contributed by atoms with Crippen LogP contribution < -0.4 is 34.9 Å². The fraction of sp³-hybridized carbons (Fsp3) is 0.171. The number of benzene rings is 4. The van der Waals surface area contributed by atoms with Crippen molar-refractivity contribution in [2.45, 2.75) is 17.1 Å². The number of amides is 3. The fourth-order valence-corrected chi connectivity index (χ4v) is 5.39. The third-order valence-electron chi connectivity index (χ3n) is 6.78. The molecule has 10 nitrogen and oxygen atoms in total. The quantitative estimate of drug-likeness (QED) is 0.103. The molecule has 1 atom stereocenters. The summed E-state index contributed by atoms with van der Waals surface area (Å²) in [5.41, 5.74) is 1.75. The molecule has 0 aromatic heterocycles. The monoisotopic (exact) mass is 675 g/mol. The molecule has 12 heteroatoms. The first-order valence-corrected chi connectivity index (χ1v) is 15.5. The maximum Gasteiger partial charge on any atom is 0.272 e. The Morgan fingerprint density at radius 2 is 1.38 bits per heavy atom. The molecule has 0 radical (unpaired) electrons. The summed E-state index contributed by atoms with van der Waals surface area (Å²) in [7, 11) is 6.00. The topological polar surface area (TPSA) is 124 Å². The van der Waals surface area contributed by atoms with Crippen LogP contribution in [0.2, 0.25) is 5.02 Å². The molecule has 3 amide bonds. The van der Waals surface area contributed by atoms with Gasteiger partial charge in [-0.15, -0.1) is 11.8 Å². The predicted octanol–water partition coefficient (Wildman–Crippen LogP) is 6.90. The van der Waals surface area contributed by atoms with E-state index in [4.69, 9.17) is 30.5 Å². The van der Waals surface area contributed by atoms with E-state index in [2.05, 4.69) is 16.0 Å². The number of anilines is 2. The molecule has 0 bridgehead atoms. The minimum Gasteiger partial charge on any atom is -0.496 e. The molecule has 4 rings (SSSR count). The number of halogens is 1. The predicted molar refractivity (Wildman–Crippen MR) is 185 cm³/mol. The van der Waals surface area contributed by atoms with Gasteiger partial charge in [0.2, 0.25) is 5.91 Å². The zero-order chi connectivity index (χ0) is 33.9. The molecule has 0 aliphatic heterocycles. The van der Waals surface area contributed by atoms with Gasteiger partial charge < -0.3 is 34.9 Å². The van der Waals surface area contributed by atoms with Crippen LogP contribution in [-0.4, -0.2) is 51.4 Å². The summed E-state index contributed by atoms with van der Waals surface area (Å²) in [6, 6.07) is 23.8. The Bertz CT molecular complexity index is 1770. The second-order valence-corrected chi connectivity index (χ2v) is 11.8. The number of hydrogen-bond acceptors (Lipinski definition) is 8. The number of hydrogen-bond donors (Lipinski definition) is 3. The van der Waals surface area contributed by atoms with Crippen LogP contribution in [0.1, 0.15) is 22.8 Å². The van der Waals surface area contributed by atoms with Gasteiger partial charge in [0.25, 0.3) is 11.8 Å². The number of methoxy groups -OCH3 is 4. The minimum absolute atomic E-state index is 0.0374. The van der Waals surface area contributed by atoms with Gasteiger partial charge in [0.05, 0.1) is 39.4 Å². The molecule has 0 fully saturated rings. The highest BCUT2D eigenvalue weighted by atomic mass is 35.5. The van der Waals surface area contributed by atoms with Gasteiger partial charge in [-0.1, -0.05) is 29.8 Å². The summed E-state index contributed by atoms with van der Waals surface area (Å²) in [6.45, 7) is 1.78. The average Bonchev–Trinajstić information content (AvgIpc) is 3.08. The highest BCUT2D eigenvalue weighted by Crippen LogP contribution is 2.36. The third kappa shape index (κ3) is 9.21. The van der Waals surface area contributed by atoms with Gasteiger partial charge in [-0.25, -0.2) is 0 Å². The third-order valence-corrected chi connectivity index (χ3v) is 8.13. The highest BCUT2D eigenvalue weighted by molar-refractivity contribution is 8.00. The van der Waals surface area contributed by atoms with Crippen LogP contribution in [0.5, 0.6) is 23.0 Å². The largest absolute Gasteiger partial charge is 0.496 e.